The maximum atomic E-state index is 12.1. The molecule has 1 amide bonds. The molecule has 0 aliphatic carbocycles. The van der Waals surface area contributed by atoms with Gasteiger partial charge in [-0.1, -0.05) is 17.7 Å². The first-order valence-corrected chi connectivity index (χ1v) is 7.10. The highest BCUT2D eigenvalue weighted by Gasteiger charge is 2.12. The van der Waals surface area contributed by atoms with Crippen molar-refractivity contribution < 1.29 is 4.79 Å². The Morgan fingerprint density at radius 2 is 2.00 bits per heavy atom. The molecule has 0 atom stereocenters. The zero-order valence-corrected chi connectivity index (χ0v) is 12.8. The second-order valence-corrected chi connectivity index (χ2v) is 5.11. The number of benzene rings is 2. The quantitative estimate of drug-likeness (QED) is 0.754. The number of nitrogens with two attached hydrogens (primary N) is 1. The average molecular weight is 304 g/mol. The maximum absolute atomic E-state index is 12.1. The largest absolute Gasteiger partial charge is 0.399 e. The van der Waals surface area contributed by atoms with E-state index in [0.717, 1.165) is 11.3 Å². The number of anilines is 3. The van der Waals surface area contributed by atoms with Crippen LogP contribution < -0.4 is 16.4 Å². The molecule has 0 aliphatic heterocycles. The normalized spacial score (nSPS) is 10.2. The average Bonchev–Trinajstić information content (AvgIpc) is 2.46. The number of hydrogen-bond donors (Lipinski definition) is 3. The number of nitrogens with one attached hydrogen (secondary N) is 2. The number of amides is 1. The number of hydrogen-bond acceptors (Lipinski definition) is 3. The van der Waals surface area contributed by atoms with E-state index in [1.807, 2.05) is 32.0 Å². The Hall–Kier alpha value is -2.20. The van der Waals surface area contributed by atoms with Crippen LogP contribution in [0.5, 0.6) is 0 Å². The summed E-state index contributed by atoms with van der Waals surface area (Å²) in [5.41, 5.74) is 9.32. The van der Waals surface area contributed by atoms with Crippen LogP contribution in [-0.4, -0.2) is 12.5 Å². The minimum Gasteiger partial charge on any atom is -0.399 e. The first kappa shape index (κ1) is 15.2. The third-order valence-electron chi connectivity index (χ3n) is 3.16. The fourth-order valence-electron chi connectivity index (χ4n) is 2.00. The van der Waals surface area contributed by atoms with Crippen molar-refractivity contribution in [3.63, 3.8) is 0 Å². The third kappa shape index (κ3) is 3.47. The first-order chi connectivity index (χ1) is 10.0. The molecule has 2 aromatic rings. The van der Waals surface area contributed by atoms with E-state index in [4.69, 9.17) is 17.3 Å². The number of carbonyl (C=O) groups excluding carboxylic acids is 1. The van der Waals surface area contributed by atoms with Gasteiger partial charge in [0.05, 0.1) is 11.3 Å². The Balaban J connectivity index is 2.40. The monoisotopic (exact) mass is 303 g/mol. The fraction of sp³-hybridized carbons (Fsp3) is 0.188. The Labute approximate surface area is 129 Å². The fourth-order valence-corrected chi connectivity index (χ4v) is 2.18. The van der Waals surface area contributed by atoms with E-state index in [9.17, 15) is 4.79 Å². The molecule has 0 bridgehead atoms. The van der Waals surface area contributed by atoms with Crippen LogP contribution in [0.3, 0.4) is 0 Å². The van der Waals surface area contributed by atoms with E-state index in [2.05, 4.69) is 10.6 Å². The summed E-state index contributed by atoms with van der Waals surface area (Å²) in [6.07, 6.45) is 0. The molecule has 0 radical (unpaired) electrons. The minimum absolute atomic E-state index is 0.160. The second-order valence-electron chi connectivity index (χ2n) is 4.70. The molecule has 2 rings (SSSR count). The number of rotatable bonds is 4. The molecule has 4 nitrogen and oxygen atoms in total. The molecule has 4 N–H and O–H groups in total. The lowest BCUT2D eigenvalue weighted by Gasteiger charge is -2.15. The maximum Gasteiger partial charge on any atom is 0.253 e. The molecule has 21 heavy (non-hydrogen) atoms. The standard InChI is InChI=1S/C16H18ClN3O/c1-3-19-16(21)12-9-11(18)7-8-15(12)20-14-6-4-5-13(17)10(14)2/h4-9,20H,3,18H2,1-2H3,(H,19,21). The van der Waals surface area contributed by atoms with Crippen molar-refractivity contribution in [1.29, 1.82) is 0 Å². The van der Waals surface area contributed by atoms with Gasteiger partial charge < -0.3 is 16.4 Å². The van der Waals surface area contributed by atoms with Gasteiger partial charge in [-0.05, 0) is 49.7 Å². The van der Waals surface area contributed by atoms with Crippen molar-refractivity contribution in [2.24, 2.45) is 0 Å². The summed E-state index contributed by atoms with van der Waals surface area (Å²) in [7, 11) is 0. The SMILES string of the molecule is CCNC(=O)c1cc(N)ccc1Nc1cccc(Cl)c1C. The first-order valence-electron chi connectivity index (χ1n) is 6.72. The van der Waals surface area contributed by atoms with E-state index in [0.29, 0.717) is 28.5 Å². The summed E-state index contributed by atoms with van der Waals surface area (Å²) in [5.74, 6) is -0.160. The molecule has 5 heteroatoms. The molecular formula is C16H18ClN3O. The second kappa shape index (κ2) is 6.50. The van der Waals surface area contributed by atoms with Gasteiger partial charge in [0.25, 0.3) is 5.91 Å². The van der Waals surface area contributed by atoms with Gasteiger partial charge in [0.15, 0.2) is 0 Å². The summed E-state index contributed by atoms with van der Waals surface area (Å²) in [6, 6.07) is 10.8. The Bertz CT molecular complexity index is 671. The zero-order chi connectivity index (χ0) is 15.4. The molecule has 0 saturated heterocycles. The van der Waals surface area contributed by atoms with E-state index < -0.39 is 0 Å². The molecule has 0 aromatic heterocycles. The molecule has 0 unspecified atom stereocenters. The van der Waals surface area contributed by atoms with Crippen LogP contribution in [-0.2, 0) is 0 Å². The molecular weight excluding hydrogens is 286 g/mol. The van der Waals surface area contributed by atoms with Gasteiger partial charge in [0.1, 0.15) is 0 Å². The van der Waals surface area contributed by atoms with Gasteiger partial charge in [-0.15, -0.1) is 0 Å². The molecule has 0 aliphatic rings. The highest BCUT2D eigenvalue weighted by Crippen LogP contribution is 2.28. The van der Waals surface area contributed by atoms with Crippen LogP contribution in [0.1, 0.15) is 22.8 Å². The molecule has 110 valence electrons. The van der Waals surface area contributed by atoms with Gasteiger partial charge in [-0.2, -0.15) is 0 Å². The minimum atomic E-state index is -0.160. The predicted molar refractivity (Wildman–Crippen MR) is 88.3 cm³/mol. The van der Waals surface area contributed by atoms with Crippen LogP contribution in [0.4, 0.5) is 17.1 Å². The van der Waals surface area contributed by atoms with Gasteiger partial charge >= 0.3 is 0 Å². The highest BCUT2D eigenvalue weighted by molar-refractivity contribution is 6.31. The van der Waals surface area contributed by atoms with Crippen molar-refractivity contribution in [2.45, 2.75) is 13.8 Å². The molecule has 0 heterocycles. The summed E-state index contributed by atoms with van der Waals surface area (Å²) in [5, 5.41) is 6.70. The van der Waals surface area contributed by atoms with E-state index in [1.54, 1.807) is 18.2 Å². The number of halogens is 1. The van der Waals surface area contributed by atoms with Crippen LogP contribution in [0.15, 0.2) is 36.4 Å². The summed E-state index contributed by atoms with van der Waals surface area (Å²) in [6.45, 7) is 4.36. The van der Waals surface area contributed by atoms with E-state index >= 15 is 0 Å². The lowest BCUT2D eigenvalue weighted by atomic mass is 10.1. The van der Waals surface area contributed by atoms with Gasteiger partial charge in [0.2, 0.25) is 0 Å². The van der Waals surface area contributed by atoms with Crippen LogP contribution in [0.25, 0.3) is 0 Å². The third-order valence-corrected chi connectivity index (χ3v) is 3.57. The Morgan fingerprint density at radius 1 is 1.24 bits per heavy atom. The number of nitrogen functional groups attached to an aromatic ring is 1. The van der Waals surface area contributed by atoms with Crippen LogP contribution in [0, 0.1) is 6.92 Å². The van der Waals surface area contributed by atoms with Gasteiger partial charge in [0, 0.05) is 22.9 Å². The summed E-state index contributed by atoms with van der Waals surface area (Å²) < 4.78 is 0. The molecule has 0 spiro atoms. The predicted octanol–water partition coefficient (Wildman–Crippen LogP) is 3.72. The van der Waals surface area contributed by atoms with Crippen molar-refractivity contribution >= 4 is 34.6 Å². The smallest absolute Gasteiger partial charge is 0.253 e. The van der Waals surface area contributed by atoms with Crippen LogP contribution >= 0.6 is 11.6 Å². The van der Waals surface area contributed by atoms with Crippen molar-refractivity contribution in [2.75, 3.05) is 17.6 Å². The van der Waals surface area contributed by atoms with Crippen LogP contribution in [0.2, 0.25) is 5.02 Å². The van der Waals surface area contributed by atoms with Crippen molar-refractivity contribution in [3.8, 4) is 0 Å². The summed E-state index contributed by atoms with van der Waals surface area (Å²) in [4.78, 5) is 12.1. The zero-order valence-electron chi connectivity index (χ0n) is 12.0. The van der Waals surface area contributed by atoms with Gasteiger partial charge in [-0.3, -0.25) is 4.79 Å². The number of carbonyl (C=O) groups is 1. The molecule has 2 aromatic carbocycles. The summed E-state index contributed by atoms with van der Waals surface area (Å²) >= 11 is 6.12. The lowest BCUT2D eigenvalue weighted by Crippen LogP contribution is -2.23. The highest BCUT2D eigenvalue weighted by atomic mass is 35.5. The Kier molecular flexibility index (Phi) is 4.70. The van der Waals surface area contributed by atoms with E-state index in [-0.39, 0.29) is 5.91 Å². The van der Waals surface area contributed by atoms with Crippen molar-refractivity contribution in [1.82, 2.24) is 5.32 Å². The van der Waals surface area contributed by atoms with Crippen molar-refractivity contribution in [3.05, 3.63) is 52.5 Å². The van der Waals surface area contributed by atoms with Gasteiger partial charge in [-0.25, -0.2) is 0 Å². The molecule has 0 saturated carbocycles. The van der Waals surface area contributed by atoms with E-state index in [1.165, 1.54) is 0 Å². The lowest BCUT2D eigenvalue weighted by molar-refractivity contribution is 0.0956. The molecule has 0 fully saturated rings. The Morgan fingerprint density at radius 3 is 2.71 bits per heavy atom. The topological polar surface area (TPSA) is 67.2 Å².